The van der Waals surface area contributed by atoms with Crippen molar-refractivity contribution in [1.29, 1.82) is 0 Å². The Kier molecular flexibility index (Phi) is 8.50. The second kappa shape index (κ2) is 10.6. The summed E-state index contributed by atoms with van der Waals surface area (Å²) in [4.78, 5) is 8.79. The van der Waals surface area contributed by atoms with Crippen LogP contribution < -0.4 is 10.6 Å². The van der Waals surface area contributed by atoms with Crippen molar-refractivity contribution in [2.45, 2.75) is 25.6 Å². The van der Waals surface area contributed by atoms with Gasteiger partial charge in [-0.3, -0.25) is 4.99 Å². The quantitative estimate of drug-likeness (QED) is 0.318. The number of halogens is 4. The minimum atomic E-state index is -4.60. The molecule has 1 heterocycles. The molecule has 5 nitrogen and oxygen atoms in total. The van der Waals surface area contributed by atoms with Crippen LogP contribution in [0.15, 0.2) is 23.2 Å². The number of nitrogens with one attached hydrogen (secondary N) is 2. The third-order valence-electron chi connectivity index (χ3n) is 4.84. The highest BCUT2D eigenvalue weighted by atomic mass is 19.4. The second-order valence-electron chi connectivity index (χ2n) is 7.00. The van der Waals surface area contributed by atoms with E-state index in [2.05, 4.69) is 32.5 Å². The molecule has 9 heteroatoms. The van der Waals surface area contributed by atoms with Crippen LogP contribution in [0.25, 0.3) is 0 Å². The fourth-order valence-electron chi connectivity index (χ4n) is 3.10. The molecule has 2 N–H and O–H groups in total. The Morgan fingerprint density at radius 1 is 1.11 bits per heavy atom. The topological polar surface area (TPSA) is 42.9 Å². The second-order valence-corrected chi connectivity index (χ2v) is 7.00. The first-order valence-electron chi connectivity index (χ1n) is 9.50. The molecule has 2 rings (SSSR count). The van der Waals surface area contributed by atoms with Gasteiger partial charge >= 0.3 is 6.18 Å². The Labute approximate surface area is 163 Å². The first-order chi connectivity index (χ1) is 13.3. The van der Waals surface area contributed by atoms with Crippen LogP contribution in [0, 0.1) is 5.82 Å². The molecule has 1 fully saturated rings. The molecule has 28 heavy (non-hydrogen) atoms. The largest absolute Gasteiger partial charge is 0.416 e. The number of guanidine groups is 1. The first kappa shape index (κ1) is 22.4. The van der Waals surface area contributed by atoms with Gasteiger partial charge in [-0.25, -0.2) is 4.39 Å². The molecule has 0 radical (unpaired) electrons. The number of piperazine rings is 1. The zero-order valence-corrected chi connectivity index (χ0v) is 16.4. The SMILES string of the molecule is CN=C(NCCCCN1CCN(C)CC1)NCc1ccc(F)cc1C(F)(F)F. The smallest absolute Gasteiger partial charge is 0.356 e. The van der Waals surface area contributed by atoms with Crippen LogP contribution in [0.1, 0.15) is 24.0 Å². The summed E-state index contributed by atoms with van der Waals surface area (Å²) in [5, 5.41) is 5.97. The molecule has 0 saturated carbocycles. The number of nitrogens with zero attached hydrogens (tertiary/aromatic N) is 3. The molecule has 0 atom stereocenters. The Bertz CT molecular complexity index is 640. The molecule has 0 amide bonds. The van der Waals surface area contributed by atoms with E-state index in [-0.39, 0.29) is 12.1 Å². The number of alkyl halides is 3. The average Bonchev–Trinajstić information content (AvgIpc) is 2.65. The maximum absolute atomic E-state index is 13.2. The van der Waals surface area contributed by atoms with Gasteiger partial charge in [-0.05, 0) is 44.1 Å². The molecule has 0 aromatic heterocycles. The number of likely N-dealkylation sites (N-methyl/N-ethyl adjacent to an activating group) is 1. The van der Waals surface area contributed by atoms with Crippen molar-refractivity contribution in [3.63, 3.8) is 0 Å². The van der Waals surface area contributed by atoms with Crippen molar-refractivity contribution in [1.82, 2.24) is 20.4 Å². The summed E-state index contributed by atoms with van der Waals surface area (Å²) in [6.45, 7) is 6.01. The highest BCUT2D eigenvalue weighted by Gasteiger charge is 2.33. The number of benzene rings is 1. The van der Waals surface area contributed by atoms with Crippen molar-refractivity contribution >= 4 is 5.96 Å². The van der Waals surface area contributed by atoms with Gasteiger partial charge in [0.1, 0.15) is 5.82 Å². The number of aliphatic imine (C=N–C) groups is 1. The van der Waals surface area contributed by atoms with Gasteiger partial charge in [0.05, 0.1) is 5.56 Å². The molecule has 1 saturated heterocycles. The highest BCUT2D eigenvalue weighted by Crippen LogP contribution is 2.32. The van der Waals surface area contributed by atoms with Gasteiger partial charge < -0.3 is 20.4 Å². The normalized spacial score (nSPS) is 17.0. The zero-order valence-electron chi connectivity index (χ0n) is 16.4. The van der Waals surface area contributed by atoms with Crippen molar-refractivity contribution < 1.29 is 17.6 Å². The zero-order chi connectivity index (χ0) is 20.6. The number of unbranched alkanes of at least 4 members (excludes halogenated alkanes) is 1. The molecular weight excluding hydrogens is 374 g/mol. The van der Waals surface area contributed by atoms with Crippen molar-refractivity contribution in [2.75, 3.05) is 53.4 Å². The lowest BCUT2D eigenvalue weighted by Crippen LogP contribution is -2.44. The van der Waals surface area contributed by atoms with Gasteiger partial charge in [-0.15, -0.1) is 0 Å². The third kappa shape index (κ3) is 7.27. The lowest BCUT2D eigenvalue weighted by Gasteiger charge is -2.32. The molecule has 1 aliphatic heterocycles. The fourth-order valence-corrected chi connectivity index (χ4v) is 3.10. The van der Waals surface area contributed by atoms with Gasteiger partial charge in [0.2, 0.25) is 0 Å². The average molecular weight is 403 g/mol. The maximum atomic E-state index is 13.2. The maximum Gasteiger partial charge on any atom is 0.416 e. The van der Waals surface area contributed by atoms with E-state index in [1.165, 1.54) is 0 Å². The summed E-state index contributed by atoms with van der Waals surface area (Å²) in [7, 11) is 3.69. The van der Waals surface area contributed by atoms with E-state index in [0.717, 1.165) is 57.7 Å². The summed E-state index contributed by atoms with van der Waals surface area (Å²) in [5.74, 6) is -0.476. The molecule has 0 unspecified atom stereocenters. The predicted molar refractivity (Wildman–Crippen MR) is 103 cm³/mol. The van der Waals surface area contributed by atoms with Crippen molar-refractivity contribution in [3.05, 3.63) is 35.1 Å². The third-order valence-corrected chi connectivity index (χ3v) is 4.84. The summed E-state index contributed by atoms with van der Waals surface area (Å²) in [6, 6.07) is 2.70. The highest BCUT2D eigenvalue weighted by molar-refractivity contribution is 5.79. The van der Waals surface area contributed by atoms with Gasteiger partial charge in [0.15, 0.2) is 5.96 Å². The van der Waals surface area contributed by atoms with E-state index in [0.29, 0.717) is 18.6 Å². The molecule has 0 aliphatic carbocycles. The molecule has 1 aromatic rings. The molecule has 1 aromatic carbocycles. The summed E-state index contributed by atoms with van der Waals surface area (Å²) in [5.41, 5.74) is -0.991. The fraction of sp³-hybridized carbons (Fsp3) is 0.632. The first-order valence-corrected chi connectivity index (χ1v) is 9.50. The Balaban J connectivity index is 1.72. The number of rotatable bonds is 7. The van der Waals surface area contributed by atoms with Gasteiger partial charge in [0, 0.05) is 46.3 Å². The van der Waals surface area contributed by atoms with Crippen LogP contribution in [-0.2, 0) is 12.7 Å². The molecule has 0 bridgehead atoms. The molecule has 0 spiro atoms. The van der Waals surface area contributed by atoms with Crippen LogP contribution in [0.4, 0.5) is 17.6 Å². The minimum Gasteiger partial charge on any atom is -0.356 e. The van der Waals surface area contributed by atoms with E-state index >= 15 is 0 Å². The molecule has 1 aliphatic rings. The van der Waals surface area contributed by atoms with E-state index in [1.54, 1.807) is 7.05 Å². The van der Waals surface area contributed by atoms with Gasteiger partial charge in [-0.2, -0.15) is 13.2 Å². The number of hydrogen-bond donors (Lipinski definition) is 2. The van der Waals surface area contributed by atoms with Crippen LogP contribution in [0.3, 0.4) is 0 Å². The van der Waals surface area contributed by atoms with Crippen LogP contribution in [-0.4, -0.2) is 69.1 Å². The molecule has 158 valence electrons. The monoisotopic (exact) mass is 403 g/mol. The van der Waals surface area contributed by atoms with Crippen molar-refractivity contribution in [2.24, 2.45) is 4.99 Å². The lowest BCUT2D eigenvalue weighted by atomic mass is 10.1. The van der Waals surface area contributed by atoms with E-state index in [1.807, 2.05) is 0 Å². The Morgan fingerprint density at radius 3 is 2.46 bits per heavy atom. The summed E-state index contributed by atoms with van der Waals surface area (Å²) in [6.07, 6.45) is -2.61. The van der Waals surface area contributed by atoms with Gasteiger partial charge in [0.25, 0.3) is 0 Å². The molecular formula is C19H29F4N5. The standard InChI is InChI=1S/C19H29F4N5/c1-24-18(25-7-3-4-8-28-11-9-27(2)10-12-28)26-14-15-5-6-16(20)13-17(15)19(21,22)23/h5-6,13H,3-4,7-12,14H2,1-2H3,(H2,24,25,26). The lowest BCUT2D eigenvalue weighted by molar-refractivity contribution is -0.138. The summed E-state index contributed by atoms with van der Waals surface area (Å²) >= 11 is 0. The number of hydrogen-bond acceptors (Lipinski definition) is 3. The predicted octanol–water partition coefficient (Wildman–Crippen LogP) is 2.54. The summed E-state index contributed by atoms with van der Waals surface area (Å²) < 4.78 is 52.3. The van der Waals surface area contributed by atoms with E-state index in [4.69, 9.17) is 0 Å². The van der Waals surface area contributed by atoms with E-state index in [9.17, 15) is 17.6 Å². The van der Waals surface area contributed by atoms with Crippen LogP contribution in [0.2, 0.25) is 0 Å². The Hall–Kier alpha value is -1.87. The van der Waals surface area contributed by atoms with Crippen LogP contribution in [0.5, 0.6) is 0 Å². The van der Waals surface area contributed by atoms with E-state index < -0.39 is 17.6 Å². The van der Waals surface area contributed by atoms with Gasteiger partial charge in [-0.1, -0.05) is 6.07 Å². The minimum absolute atomic E-state index is 0.0214. The van der Waals surface area contributed by atoms with Crippen LogP contribution >= 0.6 is 0 Å². The van der Waals surface area contributed by atoms with Crippen molar-refractivity contribution in [3.8, 4) is 0 Å². The Morgan fingerprint density at radius 2 is 1.82 bits per heavy atom.